The lowest BCUT2D eigenvalue weighted by atomic mass is 9.93. The Morgan fingerprint density at radius 3 is 1.23 bits per heavy atom. The van der Waals surface area contributed by atoms with Crippen LogP contribution in [0.5, 0.6) is 0 Å². The maximum atomic E-state index is 12.2. The largest absolute Gasteiger partial charge is 0.481 e. The Morgan fingerprint density at radius 2 is 0.933 bits per heavy atom. The Hall–Kier alpha value is -3.71. The molecule has 0 aromatic carbocycles. The number of carbonyl (C=O) groups is 7. The van der Waals surface area contributed by atoms with Crippen molar-refractivity contribution in [3.63, 3.8) is 0 Å². The number of hydrogen-bond acceptors (Lipinski definition) is 9. The second-order valence-electron chi connectivity index (χ2n) is 6.19. The van der Waals surface area contributed by atoms with Crippen LogP contribution in [0.3, 0.4) is 0 Å². The van der Waals surface area contributed by atoms with E-state index in [0.29, 0.717) is 0 Å². The highest BCUT2D eigenvalue weighted by Crippen LogP contribution is 2.28. The van der Waals surface area contributed by atoms with Gasteiger partial charge in [-0.3, -0.25) is 24.0 Å². The third-order valence-electron chi connectivity index (χ3n) is 3.59. The second kappa shape index (κ2) is 10.7. The Balaban J connectivity index is 6.03. The minimum absolute atomic E-state index is 0.186. The van der Waals surface area contributed by atoms with E-state index in [1.165, 1.54) is 6.92 Å². The van der Waals surface area contributed by atoms with Gasteiger partial charge in [-0.15, -0.1) is 0 Å². The van der Waals surface area contributed by atoms with E-state index in [9.17, 15) is 43.8 Å². The van der Waals surface area contributed by atoms with E-state index in [2.05, 4.69) is 9.47 Å². The van der Waals surface area contributed by atoms with Crippen molar-refractivity contribution in [2.24, 2.45) is 0 Å². The fourth-order valence-electron chi connectivity index (χ4n) is 2.35. The van der Waals surface area contributed by atoms with Crippen LogP contribution < -0.4 is 0 Å². The molecule has 0 saturated heterocycles. The van der Waals surface area contributed by atoms with Crippen LogP contribution in [0.4, 0.5) is 0 Å². The number of rotatable bonds is 14. The molecule has 0 rings (SSSR count). The number of aliphatic carboxylic acids is 5. The van der Waals surface area contributed by atoms with Gasteiger partial charge in [0.1, 0.15) is 0 Å². The van der Waals surface area contributed by atoms with E-state index in [-0.39, 0.29) is 12.8 Å². The van der Waals surface area contributed by atoms with E-state index < -0.39 is 78.7 Å². The fraction of sp³-hybridized carbons (Fsp3) is 0.562. The molecule has 30 heavy (non-hydrogen) atoms. The molecule has 0 aromatic heterocycles. The van der Waals surface area contributed by atoms with Gasteiger partial charge in [0.2, 0.25) is 11.2 Å². The second-order valence-corrected chi connectivity index (χ2v) is 6.19. The Morgan fingerprint density at radius 1 is 0.600 bits per heavy atom. The van der Waals surface area contributed by atoms with Gasteiger partial charge in [0.05, 0.1) is 25.7 Å². The van der Waals surface area contributed by atoms with Crippen molar-refractivity contribution >= 4 is 41.8 Å². The quantitative estimate of drug-likeness (QED) is 0.212. The van der Waals surface area contributed by atoms with Gasteiger partial charge >= 0.3 is 41.8 Å². The number of esters is 2. The lowest BCUT2D eigenvalue weighted by Crippen LogP contribution is -2.51. The molecule has 0 spiro atoms. The maximum Gasteiger partial charge on any atom is 0.349 e. The Kier molecular flexibility index (Phi) is 9.40. The van der Waals surface area contributed by atoms with Gasteiger partial charge in [-0.1, -0.05) is 6.92 Å². The highest BCUT2D eigenvalue weighted by molar-refractivity contribution is 5.94. The van der Waals surface area contributed by atoms with Crippen molar-refractivity contribution in [1.82, 2.24) is 0 Å². The third-order valence-corrected chi connectivity index (χ3v) is 3.59. The van der Waals surface area contributed by atoms with Crippen molar-refractivity contribution in [1.29, 1.82) is 0 Å². The van der Waals surface area contributed by atoms with E-state index in [4.69, 9.17) is 15.3 Å². The molecular formula is C16H20O14. The summed E-state index contributed by atoms with van der Waals surface area (Å²) in [6.45, 7) is 1.52. The van der Waals surface area contributed by atoms with Gasteiger partial charge in [0.25, 0.3) is 0 Å². The van der Waals surface area contributed by atoms with Crippen LogP contribution in [0, 0.1) is 0 Å². The molecular weight excluding hydrogens is 416 g/mol. The zero-order valence-corrected chi connectivity index (χ0v) is 15.7. The summed E-state index contributed by atoms with van der Waals surface area (Å²) < 4.78 is 9.16. The number of hydrogen-bond donors (Lipinski definition) is 5. The van der Waals surface area contributed by atoms with Crippen molar-refractivity contribution in [2.75, 3.05) is 0 Å². The number of carboxylic acids is 5. The standard InChI is InChI=1S/C16H20O14/c1-2-3-11(23)29-16(14(27)28,6-10(21)22)7-12(24)30-15(13(25)26,4-8(17)18)5-9(19)20/h2-7H2,1H3,(H,17,18)(H,19,20)(H,21,22)(H,25,26)(H,27,28). The van der Waals surface area contributed by atoms with Crippen molar-refractivity contribution in [3.8, 4) is 0 Å². The van der Waals surface area contributed by atoms with Crippen LogP contribution in [-0.2, 0) is 43.0 Å². The Bertz CT molecular complexity index is 722. The van der Waals surface area contributed by atoms with Crippen LogP contribution in [0.1, 0.15) is 45.4 Å². The first-order chi connectivity index (χ1) is 13.7. The van der Waals surface area contributed by atoms with Crippen molar-refractivity contribution in [3.05, 3.63) is 0 Å². The summed E-state index contributed by atoms with van der Waals surface area (Å²) in [5.74, 6) is -12.7. The van der Waals surface area contributed by atoms with Crippen LogP contribution in [0.15, 0.2) is 0 Å². The van der Waals surface area contributed by atoms with Crippen LogP contribution in [0.25, 0.3) is 0 Å². The molecule has 0 aromatic rings. The highest BCUT2D eigenvalue weighted by atomic mass is 16.6. The molecule has 14 heteroatoms. The lowest BCUT2D eigenvalue weighted by Gasteiger charge is -2.30. The third kappa shape index (κ3) is 7.73. The van der Waals surface area contributed by atoms with Crippen LogP contribution >= 0.6 is 0 Å². The van der Waals surface area contributed by atoms with E-state index in [1.807, 2.05) is 0 Å². The molecule has 168 valence electrons. The topological polar surface area (TPSA) is 239 Å². The molecule has 1 atom stereocenters. The summed E-state index contributed by atoms with van der Waals surface area (Å²) in [5.41, 5.74) is -6.11. The SMILES string of the molecule is CCCC(=O)OC(CC(=O)O)(CC(=O)OC(CC(=O)O)(CC(=O)O)C(=O)O)C(=O)O. The van der Waals surface area contributed by atoms with Crippen molar-refractivity contribution < 1.29 is 68.6 Å². The molecule has 0 fully saturated rings. The summed E-state index contributed by atoms with van der Waals surface area (Å²) in [6, 6.07) is 0. The summed E-state index contributed by atoms with van der Waals surface area (Å²) in [4.78, 5) is 80.0. The van der Waals surface area contributed by atoms with Gasteiger partial charge < -0.3 is 35.0 Å². The average molecular weight is 436 g/mol. The molecule has 14 nitrogen and oxygen atoms in total. The molecule has 0 saturated carbocycles. The van der Waals surface area contributed by atoms with Gasteiger partial charge in [-0.2, -0.15) is 0 Å². The molecule has 0 aliphatic heterocycles. The predicted molar refractivity (Wildman–Crippen MR) is 89.2 cm³/mol. The van der Waals surface area contributed by atoms with E-state index in [1.54, 1.807) is 0 Å². The molecule has 0 radical (unpaired) electrons. The summed E-state index contributed by atoms with van der Waals surface area (Å²) in [6.07, 6.45) is -6.06. The number of carbonyl (C=O) groups excluding carboxylic acids is 2. The monoisotopic (exact) mass is 436 g/mol. The molecule has 0 heterocycles. The van der Waals surface area contributed by atoms with Gasteiger partial charge in [0, 0.05) is 6.42 Å². The van der Waals surface area contributed by atoms with Gasteiger partial charge in [-0.25, -0.2) is 9.59 Å². The molecule has 0 bridgehead atoms. The van der Waals surface area contributed by atoms with Gasteiger partial charge in [-0.05, 0) is 6.42 Å². The first-order valence-electron chi connectivity index (χ1n) is 8.25. The maximum absolute atomic E-state index is 12.2. The van der Waals surface area contributed by atoms with E-state index >= 15 is 0 Å². The van der Waals surface area contributed by atoms with Crippen LogP contribution in [0.2, 0.25) is 0 Å². The zero-order chi connectivity index (χ0) is 23.7. The zero-order valence-electron chi connectivity index (χ0n) is 15.7. The van der Waals surface area contributed by atoms with Crippen LogP contribution in [-0.4, -0.2) is 78.5 Å². The Labute approximate surface area is 168 Å². The minimum Gasteiger partial charge on any atom is -0.481 e. The summed E-state index contributed by atoms with van der Waals surface area (Å²) in [5, 5.41) is 45.3. The first kappa shape index (κ1) is 26.3. The molecule has 5 N–H and O–H groups in total. The number of ether oxygens (including phenoxy) is 2. The summed E-state index contributed by atoms with van der Waals surface area (Å²) in [7, 11) is 0. The average Bonchev–Trinajstić information content (AvgIpc) is 2.51. The van der Waals surface area contributed by atoms with Gasteiger partial charge in [0.15, 0.2) is 0 Å². The predicted octanol–water partition coefficient (Wildman–Crippen LogP) is -0.666. The molecule has 0 aliphatic rings. The molecule has 1 unspecified atom stereocenters. The highest BCUT2D eigenvalue weighted by Gasteiger charge is 2.51. The first-order valence-corrected chi connectivity index (χ1v) is 8.25. The summed E-state index contributed by atoms with van der Waals surface area (Å²) >= 11 is 0. The fourth-order valence-corrected chi connectivity index (χ4v) is 2.35. The van der Waals surface area contributed by atoms with E-state index in [0.717, 1.165) is 0 Å². The molecule has 0 aliphatic carbocycles. The number of carboxylic acid groups (broad SMARTS) is 5. The van der Waals surface area contributed by atoms with Crippen molar-refractivity contribution in [2.45, 2.75) is 56.7 Å². The smallest absolute Gasteiger partial charge is 0.349 e. The minimum atomic E-state index is -3.12. The molecule has 0 amide bonds. The normalized spacial score (nSPS) is 12.8. The lowest BCUT2D eigenvalue weighted by molar-refractivity contribution is -0.196.